The summed E-state index contributed by atoms with van der Waals surface area (Å²) in [6.45, 7) is 4.39. The molecule has 8 heteroatoms. The molecule has 1 saturated heterocycles. The van der Waals surface area contributed by atoms with Crippen LogP contribution in [0, 0.1) is 12.7 Å². The third-order valence-corrected chi connectivity index (χ3v) is 5.70. The highest BCUT2D eigenvalue weighted by molar-refractivity contribution is 6.22. The number of hydrogen-bond acceptors (Lipinski definition) is 4. The summed E-state index contributed by atoms with van der Waals surface area (Å²) in [5.74, 6) is -0.607. The normalized spacial score (nSPS) is 15.5. The lowest BCUT2D eigenvalue weighted by molar-refractivity contribution is -0.124. The number of urea groups is 1. The first-order chi connectivity index (χ1) is 16.9. The van der Waals surface area contributed by atoms with Gasteiger partial charge in [-0.15, -0.1) is 0 Å². The summed E-state index contributed by atoms with van der Waals surface area (Å²) in [7, 11) is 0. The molecule has 0 spiro atoms. The molecule has 0 aromatic heterocycles. The van der Waals surface area contributed by atoms with E-state index in [2.05, 4.69) is 5.32 Å². The molecular weight excluding hydrogens is 449 g/mol. The van der Waals surface area contributed by atoms with Crippen LogP contribution in [0.2, 0.25) is 0 Å². The minimum atomic E-state index is -1.00. The number of nitrogens with zero attached hydrogens (tertiary/aromatic N) is 2. The van der Waals surface area contributed by atoms with Gasteiger partial charge in [0.15, 0.2) is 0 Å². The average molecular weight is 476 g/mol. The second-order valence-corrected chi connectivity index (χ2v) is 8.27. The van der Waals surface area contributed by atoms with Crippen molar-refractivity contribution in [3.05, 3.63) is 89.7 Å². The van der Waals surface area contributed by atoms with E-state index in [1.165, 1.54) is 17.0 Å². The first kappa shape index (κ1) is 23.9. The van der Waals surface area contributed by atoms with Gasteiger partial charge in [0.05, 0.1) is 18.7 Å². The topological polar surface area (TPSA) is 79.0 Å². The Labute approximate surface area is 203 Å². The minimum absolute atomic E-state index is 0.0637. The monoisotopic (exact) mass is 475 g/mol. The van der Waals surface area contributed by atoms with Gasteiger partial charge in [0.2, 0.25) is 5.91 Å². The van der Waals surface area contributed by atoms with Gasteiger partial charge in [-0.2, -0.15) is 0 Å². The zero-order chi connectivity index (χ0) is 24.9. The number of nitrogens with one attached hydrogen (secondary N) is 1. The summed E-state index contributed by atoms with van der Waals surface area (Å²) in [4.78, 5) is 42.0. The summed E-state index contributed by atoms with van der Waals surface area (Å²) in [5, 5.41) is 2.77. The maximum Gasteiger partial charge on any atom is 0.332 e. The van der Waals surface area contributed by atoms with E-state index in [0.29, 0.717) is 29.3 Å². The van der Waals surface area contributed by atoms with Gasteiger partial charge in [-0.3, -0.25) is 9.59 Å². The highest BCUT2D eigenvalue weighted by Crippen LogP contribution is 2.29. The van der Waals surface area contributed by atoms with Crippen LogP contribution in [-0.2, 0) is 16.1 Å². The summed E-state index contributed by atoms with van der Waals surface area (Å²) in [6.07, 6.45) is -0.221. The molecule has 7 nitrogen and oxygen atoms in total. The molecule has 3 aromatic rings. The SMILES string of the molecule is CCOc1ccc(NC(=O)CC2C(=O)N(c3ccc(C)cc3)C(=O)N2Cc2ccc(F)cc2)cc1. The smallest absolute Gasteiger partial charge is 0.332 e. The van der Waals surface area contributed by atoms with Crippen LogP contribution < -0.4 is 15.0 Å². The van der Waals surface area contributed by atoms with Crippen LogP contribution in [0.4, 0.5) is 20.6 Å². The fourth-order valence-corrected chi connectivity index (χ4v) is 3.92. The quantitative estimate of drug-likeness (QED) is 0.470. The van der Waals surface area contributed by atoms with Gasteiger partial charge >= 0.3 is 6.03 Å². The van der Waals surface area contributed by atoms with Gasteiger partial charge in [0.25, 0.3) is 5.91 Å². The molecule has 0 saturated carbocycles. The Morgan fingerprint density at radius 2 is 1.63 bits per heavy atom. The van der Waals surface area contributed by atoms with E-state index < -0.39 is 29.7 Å². The molecule has 3 aromatic carbocycles. The van der Waals surface area contributed by atoms with Gasteiger partial charge in [-0.25, -0.2) is 14.1 Å². The number of carbonyl (C=O) groups excluding carboxylic acids is 3. The zero-order valence-corrected chi connectivity index (χ0v) is 19.5. The van der Waals surface area contributed by atoms with Crippen LogP contribution >= 0.6 is 0 Å². The summed E-state index contributed by atoms with van der Waals surface area (Å²) in [5.41, 5.74) is 2.62. The maximum atomic E-state index is 13.4. The van der Waals surface area contributed by atoms with Crippen molar-refractivity contribution in [2.75, 3.05) is 16.8 Å². The Morgan fingerprint density at radius 1 is 0.971 bits per heavy atom. The van der Waals surface area contributed by atoms with Gasteiger partial charge in [-0.1, -0.05) is 29.8 Å². The Kier molecular flexibility index (Phi) is 7.10. The van der Waals surface area contributed by atoms with E-state index in [1.807, 2.05) is 26.0 Å². The molecule has 4 amide bonds. The first-order valence-corrected chi connectivity index (χ1v) is 11.3. The molecule has 180 valence electrons. The van der Waals surface area contributed by atoms with Crippen molar-refractivity contribution in [3.8, 4) is 5.75 Å². The summed E-state index contributed by atoms with van der Waals surface area (Å²) in [6, 6.07) is 18.1. The van der Waals surface area contributed by atoms with Crippen LogP contribution in [0.5, 0.6) is 5.75 Å². The second-order valence-electron chi connectivity index (χ2n) is 8.27. The van der Waals surface area contributed by atoms with Crippen LogP contribution in [0.25, 0.3) is 0 Å². The second kappa shape index (κ2) is 10.4. The van der Waals surface area contributed by atoms with Crippen LogP contribution in [0.1, 0.15) is 24.5 Å². The Bertz CT molecular complexity index is 1210. The number of ether oxygens (including phenoxy) is 1. The molecule has 0 bridgehead atoms. The highest BCUT2D eigenvalue weighted by atomic mass is 19.1. The van der Waals surface area contributed by atoms with Gasteiger partial charge < -0.3 is 15.0 Å². The van der Waals surface area contributed by atoms with Crippen molar-refractivity contribution in [1.29, 1.82) is 0 Å². The Balaban J connectivity index is 1.56. The predicted molar refractivity (Wildman–Crippen MR) is 131 cm³/mol. The number of hydrogen-bond donors (Lipinski definition) is 1. The van der Waals surface area contributed by atoms with Crippen molar-refractivity contribution in [2.45, 2.75) is 32.9 Å². The number of rotatable bonds is 8. The lowest BCUT2D eigenvalue weighted by Crippen LogP contribution is -2.37. The van der Waals surface area contributed by atoms with Crippen molar-refractivity contribution >= 4 is 29.2 Å². The molecule has 35 heavy (non-hydrogen) atoms. The van der Waals surface area contributed by atoms with Crippen molar-refractivity contribution in [1.82, 2.24) is 4.90 Å². The molecule has 1 fully saturated rings. The average Bonchev–Trinajstić information content (AvgIpc) is 3.06. The predicted octanol–water partition coefficient (Wildman–Crippen LogP) is 4.90. The molecular formula is C27H26FN3O4. The van der Waals surface area contributed by atoms with E-state index in [1.54, 1.807) is 48.5 Å². The third kappa shape index (κ3) is 5.48. The van der Waals surface area contributed by atoms with Crippen molar-refractivity contribution in [2.24, 2.45) is 0 Å². The number of halogens is 1. The summed E-state index contributed by atoms with van der Waals surface area (Å²) < 4.78 is 18.8. The molecule has 0 aliphatic carbocycles. The number of aryl methyl sites for hydroxylation is 1. The van der Waals surface area contributed by atoms with Crippen LogP contribution in [-0.4, -0.2) is 35.4 Å². The molecule has 4 rings (SSSR count). The van der Waals surface area contributed by atoms with Gasteiger partial charge in [0.1, 0.15) is 17.6 Å². The lowest BCUT2D eigenvalue weighted by Gasteiger charge is -2.21. The standard InChI is InChI=1S/C27H26FN3O4/c1-3-35-23-14-10-21(11-15-23)29-25(32)16-24-26(33)31(22-12-4-18(2)5-13-22)27(34)30(24)17-19-6-8-20(28)9-7-19/h4-15,24H,3,16-17H2,1-2H3,(H,29,32). The molecule has 0 radical (unpaired) electrons. The number of anilines is 2. The van der Waals surface area contributed by atoms with Gasteiger partial charge in [-0.05, 0) is 67.9 Å². The van der Waals surface area contributed by atoms with Crippen LogP contribution in [0.15, 0.2) is 72.8 Å². The molecule has 1 aliphatic rings. The van der Waals surface area contributed by atoms with Gasteiger partial charge in [0, 0.05) is 12.2 Å². The van der Waals surface area contributed by atoms with E-state index in [4.69, 9.17) is 4.74 Å². The number of benzene rings is 3. The molecule has 1 atom stereocenters. The lowest BCUT2D eigenvalue weighted by atomic mass is 10.1. The summed E-state index contributed by atoms with van der Waals surface area (Å²) >= 11 is 0. The zero-order valence-electron chi connectivity index (χ0n) is 19.5. The van der Waals surface area contributed by atoms with Crippen molar-refractivity contribution < 1.29 is 23.5 Å². The number of amides is 4. The van der Waals surface area contributed by atoms with E-state index in [9.17, 15) is 18.8 Å². The van der Waals surface area contributed by atoms with Crippen molar-refractivity contribution in [3.63, 3.8) is 0 Å². The molecule has 1 heterocycles. The molecule has 1 aliphatic heterocycles. The Hall–Kier alpha value is -4.20. The van der Waals surface area contributed by atoms with E-state index in [0.717, 1.165) is 10.5 Å². The Morgan fingerprint density at radius 3 is 2.26 bits per heavy atom. The highest BCUT2D eigenvalue weighted by Gasteiger charge is 2.46. The molecule has 1 N–H and O–H groups in total. The number of carbonyl (C=O) groups is 3. The maximum absolute atomic E-state index is 13.4. The molecule has 1 unspecified atom stereocenters. The first-order valence-electron chi connectivity index (χ1n) is 11.3. The number of imide groups is 1. The third-order valence-electron chi connectivity index (χ3n) is 5.70. The van der Waals surface area contributed by atoms with E-state index in [-0.39, 0.29) is 13.0 Å². The minimum Gasteiger partial charge on any atom is -0.494 e. The van der Waals surface area contributed by atoms with E-state index >= 15 is 0 Å². The largest absolute Gasteiger partial charge is 0.494 e. The fraction of sp³-hybridized carbons (Fsp3) is 0.222. The van der Waals surface area contributed by atoms with Crippen LogP contribution in [0.3, 0.4) is 0 Å². The fourth-order valence-electron chi connectivity index (χ4n) is 3.92.